The Bertz CT molecular complexity index is 939. The van der Waals surface area contributed by atoms with Crippen molar-refractivity contribution in [3.8, 4) is 23.0 Å². The van der Waals surface area contributed by atoms with E-state index < -0.39 is 0 Å². The van der Waals surface area contributed by atoms with Gasteiger partial charge in [0.05, 0.1) is 13.7 Å². The van der Waals surface area contributed by atoms with Crippen molar-refractivity contribution in [2.75, 3.05) is 13.7 Å². The van der Waals surface area contributed by atoms with E-state index >= 15 is 0 Å². The molecular formula is C19H17N3O3. The van der Waals surface area contributed by atoms with Gasteiger partial charge in [-0.05, 0) is 25.0 Å². The molecule has 1 aliphatic heterocycles. The maximum atomic E-state index is 5.80. The first-order valence-electron chi connectivity index (χ1n) is 8.36. The lowest BCUT2D eigenvalue weighted by Crippen LogP contribution is -2.21. The van der Waals surface area contributed by atoms with E-state index in [-0.39, 0.29) is 11.3 Å². The fourth-order valence-electron chi connectivity index (χ4n) is 3.84. The number of hydrogen-bond donors (Lipinski definition) is 0. The zero-order chi connectivity index (χ0) is 16.9. The highest BCUT2D eigenvalue weighted by molar-refractivity contribution is 5.56. The van der Waals surface area contributed by atoms with Crippen molar-refractivity contribution in [2.24, 2.45) is 0 Å². The number of pyridine rings is 1. The van der Waals surface area contributed by atoms with E-state index in [1.165, 1.54) is 5.56 Å². The molecule has 0 amide bonds. The Balaban J connectivity index is 1.46. The first-order chi connectivity index (χ1) is 12.3. The van der Waals surface area contributed by atoms with Crippen LogP contribution in [0.15, 0.2) is 47.1 Å². The Morgan fingerprint density at radius 2 is 2.16 bits per heavy atom. The summed E-state index contributed by atoms with van der Waals surface area (Å²) in [7, 11) is 1.59. The van der Waals surface area contributed by atoms with Crippen molar-refractivity contribution in [1.82, 2.24) is 15.1 Å². The summed E-state index contributed by atoms with van der Waals surface area (Å²) in [5, 5.41) is 4.16. The van der Waals surface area contributed by atoms with Crippen LogP contribution in [0.1, 0.15) is 30.2 Å². The second kappa shape index (κ2) is 5.31. The molecule has 0 saturated heterocycles. The van der Waals surface area contributed by atoms with E-state index in [1.807, 2.05) is 18.2 Å². The number of fused-ring (bicyclic) bond motifs is 2. The van der Waals surface area contributed by atoms with Gasteiger partial charge in [-0.2, -0.15) is 4.98 Å². The molecule has 0 N–H and O–H groups in total. The second-order valence-electron chi connectivity index (χ2n) is 6.55. The molecule has 6 nitrogen and oxygen atoms in total. The molecule has 25 heavy (non-hydrogen) atoms. The van der Waals surface area contributed by atoms with Gasteiger partial charge in [-0.25, -0.2) is 4.98 Å². The topological polar surface area (TPSA) is 70.3 Å². The van der Waals surface area contributed by atoms with Crippen LogP contribution in [0.3, 0.4) is 0 Å². The third-order valence-electron chi connectivity index (χ3n) is 5.25. The molecule has 3 heterocycles. The van der Waals surface area contributed by atoms with Crippen molar-refractivity contribution >= 4 is 0 Å². The zero-order valence-corrected chi connectivity index (χ0v) is 13.8. The van der Waals surface area contributed by atoms with Crippen molar-refractivity contribution in [1.29, 1.82) is 0 Å². The minimum Gasteiger partial charge on any atom is -0.493 e. The molecule has 0 bridgehead atoms. The van der Waals surface area contributed by atoms with Crippen LogP contribution >= 0.6 is 0 Å². The average molecular weight is 335 g/mol. The Labute approximate surface area is 144 Å². The van der Waals surface area contributed by atoms with Gasteiger partial charge in [0.15, 0.2) is 0 Å². The summed E-state index contributed by atoms with van der Waals surface area (Å²) in [5.74, 6) is 3.03. The first kappa shape index (κ1) is 14.5. The van der Waals surface area contributed by atoms with Gasteiger partial charge in [0.25, 0.3) is 0 Å². The quantitative estimate of drug-likeness (QED) is 0.731. The molecule has 3 aromatic rings. The summed E-state index contributed by atoms with van der Waals surface area (Å²) in [6.07, 6.45) is 3.68. The van der Waals surface area contributed by atoms with Crippen LogP contribution in [0.5, 0.6) is 11.6 Å². The van der Waals surface area contributed by atoms with Crippen LogP contribution in [0, 0.1) is 0 Å². The molecule has 6 heteroatoms. The molecule has 1 fully saturated rings. The van der Waals surface area contributed by atoms with Crippen molar-refractivity contribution in [3.05, 3.63) is 54.0 Å². The van der Waals surface area contributed by atoms with Crippen molar-refractivity contribution in [2.45, 2.75) is 24.2 Å². The van der Waals surface area contributed by atoms with E-state index in [4.69, 9.17) is 14.0 Å². The minimum absolute atomic E-state index is 0.0780. The molecule has 1 spiro atoms. The van der Waals surface area contributed by atoms with E-state index in [9.17, 15) is 0 Å². The van der Waals surface area contributed by atoms with Gasteiger partial charge in [-0.1, -0.05) is 23.4 Å². The average Bonchev–Trinajstić information content (AvgIpc) is 3.16. The molecule has 1 aliphatic carbocycles. The Kier molecular flexibility index (Phi) is 3.07. The van der Waals surface area contributed by atoms with Crippen molar-refractivity contribution in [3.63, 3.8) is 0 Å². The molecule has 1 saturated carbocycles. The highest BCUT2D eigenvalue weighted by atomic mass is 16.5. The Morgan fingerprint density at radius 1 is 1.24 bits per heavy atom. The largest absolute Gasteiger partial charge is 0.493 e. The molecule has 2 atom stereocenters. The maximum absolute atomic E-state index is 5.80. The zero-order valence-electron chi connectivity index (χ0n) is 13.8. The normalized spacial score (nSPS) is 23.8. The summed E-state index contributed by atoms with van der Waals surface area (Å²) >= 11 is 0. The minimum atomic E-state index is 0.0780. The molecule has 2 aliphatic rings. The standard InChI is InChI=1S/C19H17N3O3/c1-23-16-10-12(6-8-20-16)17-21-18(25-22-17)14-11-19(14)7-9-24-15-5-3-2-4-13(15)19/h2-6,8,10,14H,7,9,11H2,1H3. The van der Waals surface area contributed by atoms with Gasteiger partial charge in [0.1, 0.15) is 5.75 Å². The van der Waals surface area contributed by atoms with Gasteiger partial charge in [0, 0.05) is 34.7 Å². The Hall–Kier alpha value is -2.89. The van der Waals surface area contributed by atoms with Gasteiger partial charge < -0.3 is 14.0 Å². The fourth-order valence-corrected chi connectivity index (χ4v) is 3.84. The van der Waals surface area contributed by atoms with Crippen LogP contribution < -0.4 is 9.47 Å². The number of ether oxygens (including phenoxy) is 2. The predicted molar refractivity (Wildman–Crippen MR) is 89.7 cm³/mol. The number of hydrogen-bond acceptors (Lipinski definition) is 6. The smallest absolute Gasteiger partial charge is 0.231 e. The summed E-state index contributed by atoms with van der Waals surface area (Å²) in [5.41, 5.74) is 2.18. The number of aromatic nitrogens is 3. The molecule has 1 aromatic carbocycles. The monoisotopic (exact) mass is 335 g/mol. The summed E-state index contributed by atoms with van der Waals surface area (Å²) in [6, 6.07) is 11.9. The number of para-hydroxylation sites is 1. The van der Waals surface area contributed by atoms with Gasteiger partial charge in [0.2, 0.25) is 17.6 Å². The molecular weight excluding hydrogens is 318 g/mol. The molecule has 126 valence electrons. The van der Waals surface area contributed by atoms with Crippen LogP contribution in [0.2, 0.25) is 0 Å². The van der Waals surface area contributed by atoms with Crippen LogP contribution in [0.25, 0.3) is 11.4 Å². The van der Waals surface area contributed by atoms with Crippen LogP contribution in [-0.2, 0) is 5.41 Å². The lowest BCUT2D eigenvalue weighted by molar-refractivity contribution is 0.254. The number of benzene rings is 1. The fraction of sp³-hybridized carbons (Fsp3) is 0.316. The third-order valence-corrected chi connectivity index (χ3v) is 5.25. The van der Waals surface area contributed by atoms with Gasteiger partial charge in [-0.3, -0.25) is 0 Å². The molecule has 2 unspecified atom stereocenters. The van der Waals surface area contributed by atoms with Gasteiger partial charge >= 0.3 is 0 Å². The first-order valence-corrected chi connectivity index (χ1v) is 8.36. The van der Waals surface area contributed by atoms with Crippen LogP contribution in [0.4, 0.5) is 0 Å². The summed E-state index contributed by atoms with van der Waals surface area (Å²) < 4.78 is 16.6. The van der Waals surface area contributed by atoms with E-state index in [1.54, 1.807) is 19.4 Å². The number of rotatable bonds is 3. The lowest BCUT2D eigenvalue weighted by atomic mass is 9.87. The van der Waals surface area contributed by atoms with Gasteiger partial charge in [-0.15, -0.1) is 0 Å². The predicted octanol–water partition coefficient (Wildman–Crippen LogP) is 3.35. The number of methoxy groups -OCH3 is 1. The SMILES string of the molecule is COc1cc(-c2noc(C3CC34CCOc3ccccc34)n2)ccn1. The highest BCUT2D eigenvalue weighted by Gasteiger charge is 2.60. The molecule has 0 radical (unpaired) electrons. The summed E-state index contributed by atoms with van der Waals surface area (Å²) in [6.45, 7) is 0.732. The summed E-state index contributed by atoms with van der Waals surface area (Å²) in [4.78, 5) is 8.75. The molecule has 5 rings (SSSR count). The van der Waals surface area contributed by atoms with E-state index in [0.717, 1.165) is 30.8 Å². The van der Waals surface area contributed by atoms with E-state index in [2.05, 4.69) is 27.3 Å². The maximum Gasteiger partial charge on any atom is 0.231 e. The number of nitrogens with zero attached hydrogens (tertiary/aromatic N) is 3. The van der Waals surface area contributed by atoms with E-state index in [0.29, 0.717) is 17.6 Å². The second-order valence-corrected chi connectivity index (χ2v) is 6.55. The van der Waals surface area contributed by atoms with Crippen LogP contribution in [-0.4, -0.2) is 28.8 Å². The highest BCUT2D eigenvalue weighted by Crippen LogP contribution is 2.65. The lowest BCUT2D eigenvalue weighted by Gasteiger charge is -2.26. The third kappa shape index (κ3) is 2.21. The van der Waals surface area contributed by atoms with Crippen molar-refractivity contribution < 1.29 is 14.0 Å². The Morgan fingerprint density at radius 3 is 3.08 bits per heavy atom. The molecule has 2 aromatic heterocycles.